The number of carbonyl (C=O) groups is 2. The molecular weight excluding hydrogens is 573 g/mol. The first-order valence-corrected chi connectivity index (χ1v) is 15.8. The van der Waals surface area contributed by atoms with Crippen LogP contribution in [0.1, 0.15) is 40.2 Å². The number of nitrogens with zero attached hydrogens (tertiary/aromatic N) is 3. The Morgan fingerprint density at radius 2 is 1.74 bits per heavy atom. The monoisotopic (exact) mass is 611 g/mol. The number of benzene rings is 2. The van der Waals surface area contributed by atoms with Crippen molar-refractivity contribution in [3.63, 3.8) is 0 Å². The van der Waals surface area contributed by atoms with Gasteiger partial charge in [-0.3, -0.25) is 14.7 Å². The van der Waals surface area contributed by atoms with Gasteiger partial charge in [0.25, 0.3) is 0 Å². The number of carbonyl (C=O) groups excluding carboxylic acids is 2. The van der Waals surface area contributed by atoms with Crippen LogP contribution in [0.15, 0.2) is 54.9 Å². The second kappa shape index (κ2) is 14.0. The number of esters is 1. The number of amides is 1. The lowest BCUT2D eigenvalue weighted by molar-refractivity contribution is -0.149. The lowest BCUT2D eigenvalue weighted by Crippen LogP contribution is -2.36. The fraction of sp³-hybridized carbons (Fsp3) is 0.400. The number of methoxy groups -OCH3 is 1. The molecule has 2 atom stereocenters. The number of pyridine rings is 1. The predicted octanol–water partition coefficient (Wildman–Crippen LogP) is 6.09. The first kappa shape index (κ1) is 31.9. The molecule has 0 aliphatic carbocycles. The van der Waals surface area contributed by atoms with Gasteiger partial charge in [-0.1, -0.05) is 44.2 Å². The van der Waals surface area contributed by atoms with E-state index in [4.69, 9.17) is 18.7 Å². The Morgan fingerprint density at radius 1 is 1.02 bits per heavy atom. The lowest BCUT2D eigenvalue weighted by Gasteiger charge is -2.23. The number of para-hydroxylation sites is 1. The summed E-state index contributed by atoms with van der Waals surface area (Å²) < 4.78 is 36.8. The minimum atomic E-state index is -3.61. The Bertz CT molecular complexity index is 1620. The first-order valence-electron chi connectivity index (χ1n) is 14.0. The lowest BCUT2D eigenvalue weighted by atomic mass is 10.1. The van der Waals surface area contributed by atoms with E-state index in [9.17, 15) is 14.2 Å². The normalized spacial score (nSPS) is 13.7. The Morgan fingerprint density at radius 3 is 2.42 bits per heavy atom. The first-order chi connectivity index (χ1) is 20.5. The summed E-state index contributed by atoms with van der Waals surface area (Å²) in [7, 11) is -2.22. The quantitative estimate of drug-likeness (QED) is 0.135. The number of nitrogens with one attached hydrogen (secondary N) is 2. The zero-order valence-corrected chi connectivity index (χ0v) is 26.1. The zero-order chi connectivity index (χ0) is 31.1. The van der Waals surface area contributed by atoms with Crippen molar-refractivity contribution in [2.24, 2.45) is 5.92 Å². The largest absolute Gasteiger partial charge is 0.462 e. The Balaban J connectivity index is 1.41. The van der Waals surface area contributed by atoms with E-state index < -0.39 is 25.6 Å². The fourth-order valence-corrected chi connectivity index (χ4v) is 6.12. The molecule has 12 nitrogen and oxygen atoms in total. The molecule has 0 aliphatic heterocycles. The Kier molecular flexibility index (Phi) is 10.4. The summed E-state index contributed by atoms with van der Waals surface area (Å²) in [5.74, 6) is 0.454. The number of fused-ring (bicyclic) bond motifs is 3. The molecule has 0 fully saturated rings. The molecule has 0 saturated heterocycles. The van der Waals surface area contributed by atoms with Crippen molar-refractivity contribution >= 4 is 47.3 Å². The summed E-state index contributed by atoms with van der Waals surface area (Å²) in [6, 6.07) is 13.4. The van der Waals surface area contributed by atoms with E-state index in [1.54, 1.807) is 44.4 Å². The molecule has 4 aromatic rings. The van der Waals surface area contributed by atoms with Crippen LogP contribution in [-0.2, 0) is 36.7 Å². The molecule has 0 aliphatic rings. The highest BCUT2D eigenvalue weighted by atomic mass is 31.2. The average molecular weight is 612 g/mol. The van der Waals surface area contributed by atoms with Gasteiger partial charge in [-0.25, -0.2) is 19.8 Å². The SMILES string of the molecule is COCP(=O)(N[C@@H](C)C(=O)OC(C)C)Oc1ccc(COC(=O)Nc2nc3ccccc3c3c2ncn3CC(C)C)cc1. The van der Waals surface area contributed by atoms with Crippen LogP contribution in [0.3, 0.4) is 0 Å². The molecule has 0 bridgehead atoms. The van der Waals surface area contributed by atoms with Crippen molar-refractivity contribution in [1.29, 1.82) is 0 Å². The van der Waals surface area contributed by atoms with Crippen molar-refractivity contribution in [1.82, 2.24) is 19.6 Å². The van der Waals surface area contributed by atoms with Gasteiger partial charge in [-0.2, -0.15) is 0 Å². The van der Waals surface area contributed by atoms with Gasteiger partial charge in [-0.15, -0.1) is 0 Å². The van der Waals surface area contributed by atoms with Gasteiger partial charge < -0.3 is 23.3 Å². The number of ether oxygens (including phenoxy) is 3. The van der Waals surface area contributed by atoms with E-state index in [0.29, 0.717) is 22.8 Å². The molecule has 2 N–H and O–H groups in total. The molecule has 43 heavy (non-hydrogen) atoms. The fourth-order valence-electron chi connectivity index (χ4n) is 4.44. The third-order valence-corrected chi connectivity index (χ3v) is 8.06. The number of anilines is 1. The number of imidazole rings is 1. The summed E-state index contributed by atoms with van der Waals surface area (Å²) >= 11 is 0. The third kappa shape index (κ3) is 8.31. The van der Waals surface area contributed by atoms with Crippen molar-refractivity contribution in [3.05, 3.63) is 60.4 Å². The number of rotatable bonds is 13. The molecule has 13 heteroatoms. The molecule has 2 aromatic heterocycles. The summed E-state index contributed by atoms with van der Waals surface area (Å²) in [4.78, 5) is 34.1. The minimum Gasteiger partial charge on any atom is -0.462 e. The van der Waals surface area contributed by atoms with E-state index in [0.717, 1.165) is 23.0 Å². The van der Waals surface area contributed by atoms with E-state index in [2.05, 4.69) is 38.8 Å². The smallest absolute Gasteiger partial charge is 0.413 e. The number of hydrogen-bond donors (Lipinski definition) is 2. The van der Waals surface area contributed by atoms with Crippen LogP contribution in [0.25, 0.3) is 21.9 Å². The molecule has 4 rings (SSSR count). The van der Waals surface area contributed by atoms with Gasteiger partial charge >= 0.3 is 19.6 Å². The maximum absolute atomic E-state index is 13.3. The number of aromatic nitrogens is 3. The summed E-state index contributed by atoms with van der Waals surface area (Å²) in [6.45, 7) is 10.0. The highest BCUT2D eigenvalue weighted by Crippen LogP contribution is 2.43. The van der Waals surface area contributed by atoms with Crippen LogP contribution in [0.4, 0.5) is 10.6 Å². The highest BCUT2D eigenvalue weighted by Gasteiger charge is 2.31. The zero-order valence-electron chi connectivity index (χ0n) is 25.2. The third-order valence-electron chi connectivity index (χ3n) is 6.18. The van der Waals surface area contributed by atoms with Crippen LogP contribution in [0, 0.1) is 5.92 Å². The summed E-state index contributed by atoms with van der Waals surface area (Å²) in [6.07, 6.45) is 0.509. The molecule has 1 unspecified atom stereocenters. The van der Waals surface area contributed by atoms with Crippen molar-refractivity contribution < 1.29 is 32.9 Å². The van der Waals surface area contributed by atoms with Gasteiger partial charge in [0, 0.05) is 19.0 Å². The summed E-state index contributed by atoms with van der Waals surface area (Å²) in [5.41, 5.74) is 2.89. The van der Waals surface area contributed by atoms with Gasteiger partial charge in [0.1, 0.15) is 30.3 Å². The van der Waals surface area contributed by atoms with Crippen LogP contribution >= 0.6 is 7.52 Å². The maximum Gasteiger partial charge on any atom is 0.413 e. The summed E-state index contributed by atoms with van der Waals surface area (Å²) in [5, 5.41) is 6.39. The standard InChI is InChI=1S/C30H38N5O7P/c1-19(2)15-35-17-31-26-27(35)24-9-7-8-10-25(24)32-28(26)33-30(37)40-16-22-11-13-23(14-12-22)42-43(38,18-39-6)34-21(5)29(36)41-20(3)4/h7-14,17,19-21H,15-16,18H2,1-6H3,(H,34,38)(H,32,33,37)/t21-,43?/m0/s1. The van der Waals surface area contributed by atoms with Crippen LogP contribution < -0.4 is 14.9 Å². The highest BCUT2D eigenvalue weighted by molar-refractivity contribution is 7.57. The van der Waals surface area contributed by atoms with Gasteiger partial charge in [0.2, 0.25) is 0 Å². The van der Waals surface area contributed by atoms with Gasteiger partial charge in [0.05, 0.1) is 23.5 Å². The average Bonchev–Trinajstić information content (AvgIpc) is 3.36. The maximum atomic E-state index is 13.3. The van der Waals surface area contributed by atoms with Crippen molar-refractivity contribution in [2.75, 3.05) is 18.8 Å². The molecule has 0 saturated carbocycles. The van der Waals surface area contributed by atoms with Crippen molar-refractivity contribution in [2.45, 2.75) is 59.9 Å². The topological polar surface area (TPSA) is 143 Å². The van der Waals surface area contributed by atoms with Crippen molar-refractivity contribution in [3.8, 4) is 5.75 Å². The minimum absolute atomic E-state index is 0.0311. The molecule has 0 radical (unpaired) electrons. The van der Waals surface area contributed by atoms with Gasteiger partial charge in [0.15, 0.2) is 5.82 Å². The predicted molar refractivity (Wildman–Crippen MR) is 164 cm³/mol. The molecule has 2 heterocycles. The van der Waals surface area contributed by atoms with Crippen LogP contribution in [0.2, 0.25) is 0 Å². The van der Waals surface area contributed by atoms with Crippen LogP contribution in [0.5, 0.6) is 5.75 Å². The van der Waals surface area contributed by atoms with E-state index in [-0.39, 0.29) is 24.8 Å². The van der Waals surface area contributed by atoms with E-state index >= 15 is 0 Å². The molecule has 2 aromatic carbocycles. The molecule has 0 spiro atoms. The Labute approximate surface area is 250 Å². The molecule has 230 valence electrons. The second-order valence-corrected chi connectivity index (χ2v) is 12.9. The van der Waals surface area contributed by atoms with E-state index in [1.165, 1.54) is 14.0 Å². The van der Waals surface area contributed by atoms with E-state index in [1.807, 2.05) is 24.3 Å². The number of hydrogen-bond acceptors (Lipinski definition) is 9. The Hall–Kier alpha value is -3.99. The second-order valence-electron chi connectivity index (χ2n) is 10.8. The van der Waals surface area contributed by atoms with Crippen LogP contribution in [-0.4, -0.2) is 52.2 Å². The molecular formula is C30H38N5O7P. The molecule has 1 amide bonds. The van der Waals surface area contributed by atoms with Gasteiger partial charge in [-0.05, 0) is 50.5 Å².